The predicted octanol–water partition coefficient (Wildman–Crippen LogP) is 4.51. The Bertz CT molecular complexity index is 865. The molecule has 0 spiro atoms. The summed E-state index contributed by atoms with van der Waals surface area (Å²) >= 11 is 0.714. The minimum Gasteiger partial charge on any atom is -0.493 e. The van der Waals surface area contributed by atoms with E-state index in [-0.39, 0.29) is 10.4 Å². The fraction of sp³-hybridized carbons (Fsp3) is 0.364. The second kappa shape index (κ2) is 8.69. The van der Waals surface area contributed by atoms with E-state index in [1.807, 2.05) is 30.3 Å². The summed E-state index contributed by atoms with van der Waals surface area (Å²) in [6.07, 6.45) is 4.53. The smallest absolute Gasteiger partial charge is 0.287 e. The minimum atomic E-state index is -0.590. The van der Waals surface area contributed by atoms with Gasteiger partial charge in [-0.15, -0.1) is 0 Å². The number of para-hydroxylation sites is 1. The molecule has 1 unspecified atom stereocenters. The summed E-state index contributed by atoms with van der Waals surface area (Å²) in [6, 6.07) is 15.0. The molecule has 5 nitrogen and oxygen atoms in total. The Kier molecular flexibility index (Phi) is 5.86. The lowest BCUT2D eigenvalue weighted by molar-refractivity contribution is -0.112. The van der Waals surface area contributed by atoms with Crippen LogP contribution in [0.5, 0.6) is 11.5 Å². The van der Waals surface area contributed by atoms with Crippen LogP contribution in [0.3, 0.4) is 0 Å². The van der Waals surface area contributed by atoms with E-state index in [1.165, 1.54) is 18.4 Å². The van der Waals surface area contributed by atoms with Gasteiger partial charge in [-0.1, -0.05) is 30.3 Å². The van der Waals surface area contributed by atoms with Crippen molar-refractivity contribution in [3.8, 4) is 11.5 Å². The summed E-state index contributed by atoms with van der Waals surface area (Å²) in [5.41, 5.74) is 2.03. The Labute approximate surface area is 168 Å². The second-order valence-corrected chi connectivity index (χ2v) is 8.14. The Morgan fingerprint density at radius 3 is 2.61 bits per heavy atom. The van der Waals surface area contributed by atoms with Gasteiger partial charge >= 0.3 is 0 Å². The summed E-state index contributed by atoms with van der Waals surface area (Å²) < 4.78 is 11.8. The third kappa shape index (κ3) is 4.87. The van der Waals surface area contributed by atoms with E-state index in [4.69, 9.17) is 9.47 Å². The molecule has 1 saturated heterocycles. The van der Waals surface area contributed by atoms with Crippen LogP contribution < -0.4 is 14.8 Å². The molecule has 1 heterocycles. The standard InChI is InChI=1S/C22H23NO4S/c24-21-20(23-22(25)28-21)17-6-3-7-18(14-17)26-11-4-12-27-19-8-2-1-5-16(19)13-15-9-10-15/h1-3,5-8,14-15,20H,4,9-13H2,(H,23,25). The maximum Gasteiger partial charge on any atom is 0.287 e. The highest BCUT2D eigenvalue weighted by Crippen LogP contribution is 2.35. The van der Waals surface area contributed by atoms with Crippen LogP contribution in [-0.4, -0.2) is 23.6 Å². The Hall–Kier alpha value is -2.47. The minimum absolute atomic E-state index is 0.180. The van der Waals surface area contributed by atoms with E-state index < -0.39 is 6.04 Å². The molecule has 28 heavy (non-hydrogen) atoms. The van der Waals surface area contributed by atoms with E-state index >= 15 is 0 Å². The maximum absolute atomic E-state index is 11.9. The summed E-state index contributed by atoms with van der Waals surface area (Å²) in [5, 5.41) is 2.18. The van der Waals surface area contributed by atoms with E-state index in [1.54, 1.807) is 6.07 Å². The molecule has 146 valence electrons. The van der Waals surface area contributed by atoms with Gasteiger partial charge in [0, 0.05) is 18.2 Å². The molecule has 0 bridgehead atoms. The molecule has 6 heteroatoms. The van der Waals surface area contributed by atoms with Gasteiger partial charge in [0.25, 0.3) is 5.24 Å². The van der Waals surface area contributed by atoms with Crippen LogP contribution in [-0.2, 0) is 11.2 Å². The van der Waals surface area contributed by atoms with Crippen molar-refractivity contribution in [1.29, 1.82) is 0 Å². The molecule has 0 radical (unpaired) electrons. The number of amides is 1. The molecule has 2 aromatic carbocycles. The van der Waals surface area contributed by atoms with Gasteiger partial charge < -0.3 is 14.8 Å². The molecule has 0 aromatic heterocycles. The molecular formula is C22H23NO4S. The van der Waals surface area contributed by atoms with Crippen molar-refractivity contribution in [3.05, 3.63) is 59.7 Å². The number of hydrogen-bond acceptors (Lipinski definition) is 5. The number of ether oxygens (including phenoxy) is 2. The van der Waals surface area contributed by atoms with Crippen molar-refractivity contribution >= 4 is 22.1 Å². The molecule has 1 saturated carbocycles. The lowest BCUT2D eigenvalue weighted by Gasteiger charge is -2.13. The Morgan fingerprint density at radius 2 is 1.82 bits per heavy atom. The molecule has 1 N–H and O–H groups in total. The molecule has 1 aliphatic heterocycles. The van der Waals surface area contributed by atoms with Gasteiger partial charge in [0.15, 0.2) is 0 Å². The first-order valence-electron chi connectivity index (χ1n) is 9.65. The van der Waals surface area contributed by atoms with Crippen LogP contribution in [0.25, 0.3) is 0 Å². The van der Waals surface area contributed by atoms with Gasteiger partial charge in [-0.25, -0.2) is 0 Å². The number of benzene rings is 2. The lowest BCUT2D eigenvalue weighted by Crippen LogP contribution is -2.19. The Balaban J connectivity index is 1.24. The third-order valence-electron chi connectivity index (χ3n) is 4.88. The number of thioether (sulfide) groups is 1. The van der Waals surface area contributed by atoms with E-state index in [2.05, 4.69) is 17.4 Å². The van der Waals surface area contributed by atoms with Crippen LogP contribution in [0.2, 0.25) is 0 Å². The first kappa shape index (κ1) is 18.9. The largest absolute Gasteiger partial charge is 0.493 e. The van der Waals surface area contributed by atoms with Gasteiger partial charge in [0.1, 0.15) is 17.5 Å². The average molecular weight is 397 g/mol. The quantitative estimate of drug-likeness (QED) is 0.631. The number of nitrogens with one attached hydrogen (secondary N) is 1. The first-order valence-corrected chi connectivity index (χ1v) is 10.5. The maximum atomic E-state index is 11.9. The molecule has 2 fully saturated rings. The summed E-state index contributed by atoms with van der Waals surface area (Å²) in [4.78, 5) is 23.2. The fourth-order valence-electron chi connectivity index (χ4n) is 3.24. The zero-order valence-electron chi connectivity index (χ0n) is 15.6. The molecular weight excluding hydrogens is 374 g/mol. The molecule has 1 aliphatic carbocycles. The normalized spacial score (nSPS) is 18.8. The first-order chi connectivity index (χ1) is 13.7. The molecule has 1 amide bonds. The average Bonchev–Trinajstić information content (AvgIpc) is 3.44. The number of carbonyl (C=O) groups excluding carboxylic acids is 2. The number of hydrogen-bond donors (Lipinski definition) is 1. The van der Waals surface area contributed by atoms with Gasteiger partial charge in [0.05, 0.1) is 13.2 Å². The van der Waals surface area contributed by atoms with Crippen molar-refractivity contribution in [1.82, 2.24) is 5.32 Å². The van der Waals surface area contributed by atoms with Crippen molar-refractivity contribution < 1.29 is 19.1 Å². The monoisotopic (exact) mass is 397 g/mol. The van der Waals surface area contributed by atoms with E-state index in [0.717, 1.165) is 30.1 Å². The van der Waals surface area contributed by atoms with Gasteiger partial charge in [0.2, 0.25) is 5.12 Å². The van der Waals surface area contributed by atoms with Crippen molar-refractivity contribution in [2.24, 2.45) is 5.92 Å². The van der Waals surface area contributed by atoms with Crippen LogP contribution in [0.15, 0.2) is 48.5 Å². The van der Waals surface area contributed by atoms with Gasteiger partial charge in [-0.3, -0.25) is 9.59 Å². The summed E-state index contributed by atoms with van der Waals surface area (Å²) in [5.74, 6) is 2.49. The van der Waals surface area contributed by atoms with Gasteiger partial charge in [-0.05, 0) is 54.5 Å². The summed E-state index contributed by atoms with van der Waals surface area (Å²) in [7, 11) is 0. The fourth-order valence-corrected chi connectivity index (χ4v) is 3.91. The molecule has 2 aromatic rings. The highest BCUT2D eigenvalue weighted by Gasteiger charge is 2.32. The molecule has 1 atom stereocenters. The predicted molar refractivity (Wildman–Crippen MR) is 109 cm³/mol. The van der Waals surface area contributed by atoms with E-state index in [9.17, 15) is 9.59 Å². The highest BCUT2D eigenvalue weighted by molar-refractivity contribution is 8.26. The van der Waals surface area contributed by atoms with Crippen molar-refractivity contribution in [3.63, 3.8) is 0 Å². The molecule has 4 rings (SSSR count). The highest BCUT2D eigenvalue weighted by atomic mass is 32.2. The number of rotatable bonds is 9. The lowest BCUT2D eigenvalue weighted by atomic mass is 10.1. The van der Waals surface area contributed by atoms with Crippen LogP contribution >= 0.6 is 11.8 Å². The SMILES string of the molecule is O=C1NC(c2cccc(OCCCOc3ccccc3CC3CC3)c2)C(=O)S1. The Morgan fingerprint density at radius 1 is 1.00 bits per heavy atom. The molecule has 2 aliphatic rings. The zero-order chi connectivity index (χ0) is 19.3. The van der Waals surface area contributed by atoms with Crippen molar-refractivity contribution in [2.45, 2.75) is 31.7 Å². The summed E-state index contributed by atoms with van der Waals surface area (Å²) in [6.45, 7) is 1.11. The topological polar surface area (TPSA) is 64.6 Å². The van der Waals surface area contributed by atoms with Crippen LogP contribution in [0.4, 0.5) is 4.79 Å². The van der Waals surface area contributed by atoms with Gasteiger partial charge in [-0.2, -0.15) is 0 Å². The number of carbonyl (C=O) groups is 2. The van der Waals surface area contributed by atoms with Crippen LogP contribution in [0, 0.1) is 5.92 Å². The van der Waals surface area contributed by atoms with E-state index in [0.29, 0.717) is 30.7 Å². The second-order valence-electron chi connectivity index (χ2n) is 7.16. The third-order valence-corrected chi connectivity index (χ3v) is 5.62. The van der Waals surface area contributed by atoms with Crippen molar-refractivity contribution in [2.75, 3.05) is 13.2 Å². The zero-order valence-corrected chi connectivity index (χ0v) is 16.4. The van der Waals surface area contributed by atoms with Crippen LogP contribution in [0.1, 0.15) is 36.4 Å².